The zero-order chi connectivity index (χ0) is 23.5. The van der Waals surface area contributed by atoms with Gasteiger partial charge in [0.1, 0.15) is 17.4 Å². The summed E-state index contributed by atoms with van der Waals surface area (Å²) in [6.45, 7) is 1.81. The molecule has 10 heteroatoms. The lowest BCUT2D eigenvalue weighted by Gasteiger charge is -2.30. The molecule has 2 aliphatic heterocycles. The SMILES string of the molecule is CC(=O)N[C@H]1CC[C@@H](Oc2cc(F)ccc2C(=O)N2CC(=N)/C(=C3/N=CC(Cl)=CN3)C2)CC1. The van der Waals surface area contributed by atoms with Crippen molar-refractivity contribution >= 4 is 35.3 Å². The van der Waals surface area contributed by atoms with Gasteiger partial charge in [-0.2, -0.15) is 0 Å². The predicted molar refractivity (Wildman–Crippen MR) is 123 cm³/mol. The van der Waals surface area contributed by atoms with Crippen LogP contribution in [0.1, 0.15) is 43.0 Å². The van der Waals surface area contributed by atoms with Gasteiger partial charge < -0.3 is 25.7 Å². The lowest BCUT2D eigenvalue weighted by atomic mass is 9.93. The van der Waals surface area contributed by atoms with E-state index in [0.717, 1.165) is 12.8 Å². The lowest BCUT2D eigenvalue weighted by Crippen LogP contribution is -2.38. The molecule has 1 saturated carbocycles. The zero-order valence-corrected chi connectivity index (χ0v) is 18.9. The number of likely N-dealkylation sites (tertiary alicyclic amines) is 1. The summed E-state index contributed by atoms with van der Waals surface area (Å²) in [4.78, 5) is 30.3. The van der Waals surface area contributed by atoms with Gasteiger partial charge in [0, 0.05) is 37.0 Å². The maximum absolute atomic E-state index is 14.0. The summed E-state index contributed by atoms with van der Waals surface area (Å²) in [5, 5.41) is 14.6. The van der Waals surface area contributed by atoms with Gasteiger partial charge in [-0.15, -0.1) is 0 Å². The molecule has 0 aromatic heterocycles. The molecule has 0 radical (unpaired) electrons. The summed E-state index contributed by atoms with van der Waals surface area (Å²) in [5.74, 6) is -0.220. The fourth-order valence-corrected chi connectivity index (χ4v) is 4.33. The van der Waals surface area contributed by atoms with Crippen LogP contribution in [0.2, 0.25) is 0 Å². The number of carbonyl (C=O) groups excluding carboxylic acids is 2. The first-order valence-electron chi connectivity index (χ1n) is 10.8. The highest BCUT2D eigenvalue weighted by Crippen LogP contribution is 2.29. The van der Waals surface area contributed by atoms with E-state index in [4.69, 9.17) is 21.7 Å². The fraction of sp³-hybridized carbons (Fsp3) is 0.391. The molecule has 1 saturated heterocycles. The van der Waals surface area contributed by atoms with Crippen LogP contribution in [-0.4, -0.2) is 53.9 Å². The summed E-state index contributed by atoms with van der Waals surface area (Å²) in [6.07, 6.45) is 5.78. The highest BCUT2D eigenvalue weighted by molar-refractivity contribution is 6.39. The molecular formula is C23H25ClFN5O3. The normalized spacial score (nSPS) is 24.9. The Morgan fingerprint density at radius 2 is 2.03 bits per heavy atom. The van der Waals surface area contributed by atoms with Crippen LogP contribution in [0.25, 0.3) is 0 Å². The molecule has 4 rings (SSSR count). The second-order valence-electron chi connectivity index (χ2n) is 8.33. The van der Waals surface area contributed by atoms with E-state index >= 15 is 0 Å². The van der Waals surface area contributed by atoms with Crippen LogP contribution in [0.5, 0.6) is 5.75 Å². The average molecular weight is 474 g/mol. The van der Waals surface area contributed by atoms with Crippen molar-refractivity contribution in [2.24, 2.45) is 4.99 Å². The number of rotatable bonds is 4. The highest BCUT2D eigenvalue weighted by atomic mass is 35.5. The van der Waals surface area contributed by atoms with Crippen LogP contribution in [-0.2, 0) is 4.79 Å². The van der Waals surface area contributed by atoms with Crippen LogP contribution in [0.4, 0.5) is 4.39 Å². The molecule has 0 unspecified atom stereocenters. The first-order valence-corrected chi connectivity index (χ1v) is 11.2. The Kier molecular flexibility index (Phi) is 6.78. The molecule has 1 aromatic carbocycles. The number of ether oxygens (including phenoxy) is 1. The Balaban J connectivity index is 1.47. The topological polar surface area (TPSA) is 107 Å². The largest absolute Gasteiger partial charge is 0.489 e. The van der Waals surface area contributed by atoms with E-state index in [1.807, 2.05) is 0 Å². The van der Waals surface area contributed by atoms with Crippen molar-refractivity contribution in [3.8, 4) is 5.75 Å². The van der Waals surface area contributed by atoms with E-state index in [0.29, 0.717) is 29.3 Å². The number of amides is 2. The van der Waals surface area contributed by atoms with Gasteiger partial charge in [-0.25, -0.2) is 9.38 Å². The van der Waals surface area contributed by atoms with Crippen LogP contribution in [0, 0.1) is 11.2 Å². The van der Waals surface area contributed by atoms with Gasteiger partial charge in [0.25, 0.3) is 5.91 Å². The van der Waals surface area contributed by atoms with Gasteiger partial charge in [-0.1, -0.05) is 11.6 Å². The van der Waals surface area contributed by atoms with E-state index < -0.39 is 5.82 Å². The molecule has 2 heterocycles. The third kappa shape index (κ3) is 5.42. The third-order valence-corrected chi connectivity index (χ3v) is 6.06. The van der Waals surface area contributed by atoms with Crippen molar-refractivity contribution in [3.63, 3.8) is 0 Å². The van der Waals surface area contributed by atoms with E-state index in [1.54, 1.807) is 6.20 Å². The van der Waals surface area contributed by atoms with E-state index in [-0.39, 0.29) is 54.1 Å². The Hall–Kier alpha value is -3.20. The first kappa shape index (κ1) is 23.0. The molecule has 2 fully saturated rings. The molecular weight excluding hydrogens is 449 g/mol. The number of allylic oxidation sites excluding steroid dienone is 1. The smallest absolute Gasteiger partial charge is 0.258 e. The molecule has 33 heavy (non-hydrogen) atoms. The predicted octanol–water partition coefficient (Wildman–Crippen LogP) is 3.09. The van der Waals surface area contributed by atoms with Gasteiger partial charge in [-0.05, 0) is 37.8 Å². The number of carbonyl (C=O) groups is 2. The van der Waals surface area contributed by atoms with Gasteiger partial charge in [0.2, 0.25) is 5.91 Å². The quantitative estimate of drug-likeness (QED) is 0.624. The molecule has 3 aliphatic rings. The molecule has 0 bridgehead atoms. The van der Waals surface area contributed by atoms with E-state index in [9.17, 15) is 14.0 Å². The minimum Gasteiger partial charge on any atom is -0.489 e. The van der Waals surface area contributed by atoms with Crippen molar-refractivity contribution in [2.45, 2.75) is 44.8 Å². The Bertz CT molecular complexity index is 1080. The second-order valence-corrected chi connectivity index (χ2v) is 8.77. The highest BCUT2D eigenvalue weighted by Gasteiger charge is 2.32. The minimum absolute atomic E-state index is 0.0591. The Morgan fingerprint density at radius 1 is 1.27 bits per heavy atom. The van der Waals surface area contributed by atoms with Gasteiger partial charge >= 0.3 is 0 Å². The summed E-state index contributed by atoms with van der Waals surface area (Å²) < 4.78 is 20.1. The summed E-state index contributed by atoms with van der Waals surface area (Å²) >= 11 is 5.87. The van der Waals surface area contributed by atoms with E-state index in [2.05, 4.69) is 15.6 Å². The third-order valence-electron chi connectivity index (χ3n) is 5.85. The number of benzene rings is 1. The van der Waals surface area contributed by atoms with Crippen molar-refractivity contribution in [1.82, 2.24) is 15.5 Å². The number of hydrogen-bond acceptors (Lipinski definition) is 6. The van der Waals surface area contributed by atoms with Crippen molar-refractivity contribution < 1.29 is 18.7 Å². The van der Waals surface area contributed by atoms with Crippen LogP contribution >= 0.6 is 11.6 Å². The number of hydrogen-bond donors (Lipinski definition) is 3. The van der Waals surface area contributed by atoms with Crippen LogP contribution in [0.3, 0.4) is 0 Å². The Labute approximate surface area is 196 Å². The second kappa shape index (κ2) is 9.74. The molecule has 0 spiro atoms. The van der Waals surface area contributed by atoms with Crippen molar-refractivity contribution in [1.29, 1.82) is 5.41 Å². The van der Waals surface area contributed by atoms with Crippen LogP contribution in [0.15, 0.2) is 45.8 Å². The number of halogens is 2. The maximum Gasteiger partial charge on any atom is 0.258 e. The molecule has 174 valence electrons. The summed E-state index contributed by atoms with van der Waals surface area (Å²) in [6, 6.07) is 3.99. The standard InChI is InChI=1S/C23H25ClFN5O3/c1-13(31)29-16-3-5-17(6-4-16)33-21-8-15(25)2-7-18(21)23(32)30-11-19(20(26)12-30)22-27-9-14(24)10-28-22/h2,7-10,16-17,26-27H,3-6,11-12H2,1H3,(H,29,31)/b22-19+,26-20?/t16-,17+. The summed E-state index contributed by atoms with van der Waals surface area (Å²) in [7, 11) is 0. The van der Waals surface area contributed by atoms with Crippen molar-refractivity contribution in [2.75, 3.05) is 13.1 Å². The maximum atomic E-state index is 14.0. The van der Waals surface area contributed by atoms with Gasteiger partial charge in [0.05, 0.1) is 35.5 Å². The molecule has 8 nitrogen and oxygen atoms in total. The molecule has 0 atom stereocenters. The fourth-order valence-electron chi connectivity index (χ4n) is 4.23. The van der Waals surface area contributed by atoms with Crippen molar-refractivity contribution in [3.05, 3.63) is 52.2 Å². The Morgan fingerprint density at radius 3 is 2.70 bits per heavy atom. The minimum atomic E-state index is -0.491. The average Bonchev–Trinajstić information content (AvgIpc) is 3.17. The molecule has 1 aliphatic carbocycles. The number of nitrogens with one attached hydrogen (secondary N) is 3. The molecule has 2 amide bonds. The number of nitrogens with zero attached hydrogens (tertiary/aromatic N) is 2. The molecule has 3 N–H and O–H groups in total. The first-order chi connectivity index (χ1) is 15.8. The number of aliphatic imine (C=N–C) groups is 1. The van der Waals surface area contributed by atoms with Gasteiger partial charge in [0.15, 0.2) is 0 Å². The van der Waals surface area contributed by atoms with Gasteiger partial charge in [-0.3, -0.25) is 9.59 Å². The lowest BCUT2D eigenvalue weighted by molar-refractivity contribution is -0.120. The summed E-state index contributed by atoms with van der Waals surface area (Å²) in [5.41, 5.74) is 1.12. The van der Waals surface area contributed by atoms with Crippen LogP contribution < -0.4 is 15.4 Å². The molecule has 1 aromatic rings. The zero-order valence-electron chi connectivity index (χ0n) is 18.2. The monoisotopic (exact) mass is 473 g/mol. The van der Waals surface area contributed by atoms with E-state index in [1.165, 1.54) is 36.2 Å².